The van der Waals surface area contributed by atoms with Gasteiger partial charge in [-0.05, 0) is 75.2 Å². The summed E-state index contributed by atoms with van der Waals surface area (Å²) in [4.78, 5) is 9.63. The molecular weight excluding hydrogens is 364 g/mol. The molecule has 2 heteroatoms. The van der Waals surface area contributed by atoms with Gasteiger partial charge in [-0.1, -0.05) is 54.6 Å². The molecule has 142 valence electrons. The minimum absolute atomic E-state index is 0.602. The molecule has 2 unspecified atom stereocenters. The molecule has 2 nitrogen and oxygen atoms in total. The van der Waals surface area contributed by atoms with E-state index in [1.165, 1.54) is 55.6 Å². The highest BCUT2D eigenvalue weighted by atomic mass is 14.8. The third-order valence-electron chi connectivity index (χ3n) is 7.00. The SMILES string of the molecule is Cc1c2ccccc2c(-c2cc3c(c4ncccc24)N=CC2CC32)c2ccccc12. The Hall–Kier alpha value is -3.52. The van der Waals surface area contributed by atoms with Gasteiger partial charge < -0.3 is 0 Å². The smallest absolute Gasteiger partial charge is 0.0967 e. The number of pyridine rings is 1. The maximum atomic E-state index is 4.83. The van der Waals surface area contributed by atoms with Crippen LogP contribution in [0.2, 0.25) is 0 Å². The van der Waals surface area contributed by atoms with Gasteiger partial charge in [0.1, 0.15) is 0 Å². The van der Waals surface area contributed by atoms with Gasteiger partial charge in [-0.15, -0.1) is 0 Å². The molecule has 0 radical (unpaired) electrons. The molecule has 5 aromatic rings. The monoisotopic (exact) mass is 384 g/mol. The number of hydrogen-bond acceptors (Lipinski definition) is 2. The molecule has 1 fully saturated rings. The predicted molar refractivity (Wildman–Crippen MR) is 126 cm³/mol. The molecule has 0 bridgehead atoms. The van der Waals surface area contributed by atoms with Crippen LogP contribution in [-0.4, -0.2) is 11.2 Å². The van der Waals surface area contributed by atoms with Crippen LogP contribution in [0.15, 0.2) is 77.9 Å². The van der Waals surface area contributed by atoms with Crippen molar-refractivity contribution < 1.29 is 0 Å². The van der Waals surface area contributed by atoms with Crippen LogP contribution < -0.4 is 0 Å². The Balaban J connectivity index is 1.71. The second-order valence-electron chi connectivity index (χ2n) is 8.64. The van der Waals surface area contributed by atoms with E-state index in [4.69, 9.17) is 9.98 Å². The summed E-state index contributed by atoms with van der Waals surface area (Å²) in [5.41, 5.74) is 7.43. The topological polar surface area (TPSA) is 25.2 Å². The van der Waals surface area contributed by atoms with Crippen LogP contribution in [0.3, 0.4) is 0 Å². The largest absolute Gasteiger partial charge is 0.258 e. The van der Waals surface area contributed by atoms with E-state index in [0.29, 0.717) is 11.8 Å². The Labute approximate surface area is 174 Å². The van der Waals surface area contributed by atoms with Crippen molar-refractivity contribution in [1.82, 2.24) is 4.98 Å². The molecule has 2 heterocycles. The third-order valence-corrected chi connectivity index (χ3v) is 7.00. The van der Waals surface area contributed by atoms with Crippen molar-refractivity contribution in [1.29, 1.82) is 0 Å². The fourth-order valence-corrected chi connectivity index (χ4v) is 5.42. The zero-order chi connectivity index (χ0) is 19.8. The number of rotatable bonds is 1. The van der Waals surface area contributed by atoms with Crippen LogP contribution in [0.1, 0.15) is 23.5 Å². The maximum Gasteiger partial charge on any atom is 0.0967 e. The summed E-state index contributed by atoms with van der Waals surface area (Å²) in [7, 11) is 0. The normalized spacial score (nSPS) is 19.2. The highest BCUT2D eigenvalue weighted by Gasteiger charge is 2.41. The summed E-state index contributed by atoms with van der Waals surface area (Å²) in [6, 6.07) is 24.3. The summed E-state index contributed by atoms with van der Waals surface area (Å²) in [6.07, 6.45) is 5.24. The average Bonchev–Trinajstić information content (AvgIpc) is 3.60. The minimum atomic E-state index is 0.602. The Morgan fingerprint density at radius 2 is 1.47 bits per heavy atom. The summed E-state index contributed by atoms with van der Waals surface area (Å²) in [5, 5.41) is 6.45. The van der Waals surface area contributed by atoms with E-state index in [0.717, 1.165) is 11.2 Å². The molecule has 2 aliphatic rings. The van der Waals surface area contributed by atoms with Gasteiger partial charge in [-0.25, -0.2) is 0 Å². The molecular formula is C28H20N2. The van der Waals surface area contributed by atoms with Crippen molar-refractivity contribution in [2.75, 3.05) is 0 Å². The minimum Gasteiger partial charge on any atom is -0.258 e. The van der Waals surface area contributed by atoms with Crippen molar-refractivity contribution in [3.8, 4) is 11.1 Å². The van der Waals surface area contributed by atoms with Gasteiger partial charge in [0.05, 0.1) is 11.2 Å². The van der Waals surface area contributed by atoms with E-state index >= 15 is 0 Å². The standard InChI is InChI=1S/C28H20N2/c1-16-18-7-2-4-9-20(18)26(21-10-5-3-8-19(16)21)24-14-25-23-13-17(23)15-30-28(25)27-22(24)11-6-12-29-27/h2-12,14-15,17,23H,13H2,1H3. The van der Waals surface area contributed by atoms with E-state index in [-0.39, 0.29) is 0 Å². The number of aromatic nitrogens is 1. The lowest BCUT2D eigenvalue weighted by Crippen LogP contribution is -1.97. The highest BCUT2D eigenvalue weighted by molar-refractivity contribution is 6.19. The summed E-state index contributed by atoms with van der Waals surface area (Å²) in [6.45, 7) is 2.24. The lowest BCUT2D eigenvalue weighted by atomic mass is 9.86. The molecule has 1 aliphatic heterocycles. The van der Waals surface area contributed by atoms with Crippen LogP contribution in [0.5, 0.6) is 0 Å². The molecule has 1 aromatic heterocycles. The van der Waals surface area contributed by atoms with Crippen LogP contribution in [0.4, 0.5) is 5.69 Å². The van der Waals surface area contributed by atoms with E-state index in [1.54, 1.807) is 0 Å². The van der Waals surface area contributed by atoms with Gasteiger partial charge in [0, 0.05) is 23.7 Å². The number of fused-ring (bicyclic) bond motifs is 7. The lowest BCUT2D eigenvalue weighted by molar-refractivity contribution is 1.04. The van der Waals surface area contributed by atoms with Crippen LogP contribution in [0, 0.1) is 12.8 Å². The van der Waals surface area contributed by atoms with Gasteiger partial charge in [-0.2, -0.15) is 0 Å². The van der Waals surface area contributed by atoms with E-state index < -0.39 is 0 Å². The fraction of sp³-hybridized carbons (Fsp3) is 0.143. The zero-order valence-corrected chi connectivity index (χ0v) is 16.8. The lowest BCUT2D eigenvalue weighted by Gasteiger charge is -2.19. The number of aliphatic imine (C=N–C) groups is 1. The van der Waals surface area contributed by atoms with Crippen LogP contribution >= 0.6 is 0 Å². The Bertz CT molecular complexity index is 1490. The fourth-order valence-electron chi connectivity index (χ4n) is 5.42. The molecule has 0 spiro atoms. The summed E-state index contributed by atoms with van der Waals surface area (Å²) >= 11 is 0. The number of benzene rings is 4. The third kappa shape index (κ3) is 2.08. The van der Waals surface area contributed by atoms with Gasteiger partial charge in [0.2, 0.25) is 0 Å². The van der Waals surface area contributed by atoms with Crippen molar-refractivity contribution in [2.45, 2.75) is 19.3 Å². The second-order valence-corrected chi connectivity index (χ2v) is 8.64. The summed E-state index contributed by atoms with van der Waals surface area (Å²) < 4.78 is 0. The quantitative estimate of drug-likeness (QED) is 0.278. The Morgan fingerprint density at radius 3 is 2.20 bits per heavy atom. The predicted octanol–water partition coefficient (Wildman–Crippen LogP) is 7.34. The van der Waals surface area contributed by atoms with Crippen molar-refractivity contribution in [3.05, 3.63) is 84.1 Å². The van der Waals surface area contributed by atoms with Crippen molar-refractivity contribution in [3.63, 3.8) is 0 Å². The first-order valence-corrected chi connectivity index (χ1v) is 10.7. The van der Waals surface area contributed by atoms with Gasteiger partial charge in [0.15, 0.2) is 0 Å². The first kappa shape index (κ1) is 16.3. The average molecular weight is 384 g/mol. The molecule has 1 aliphatic carbocycles. The van der Waals surface area contributed by atoms with Crippen molar-refractivity contribution in [2.24, 2.45) is 10.9 Å². The Morgan fingerprint density at radius 1 is 0.800 bits per heavy atom. The second kappa shape index (κ2) is 5.76. The molecule has 1 saturated carbocycles. The van der Waals surface area contributed by atoms with Gasteiger partial charge >= 0.3 is 0 Å². The van der Waals surface area contributed by atoms with E-state index in [1.807, 2.05) is 12.3 Å². The molecule has 4 aromatic carbocycles. The van der Waals surface area contributed by atoms with Gasteiger partial charge in [0.25, 0.3) is 0 Å². The molecule has 0 amide bonds. The first-order valence-electron chi connectivity index (χ1n) is 10.7. The molecule has 0 N–H and O–H groups in total. The van der Waals surface area contributed by atoms with Crippen molar-refractivity contribution >= 4 is 44.3 Å². The summed E-state index contributed by atoms with van der Waals surface area (Å²) in [5.74, 6) is 1.21. The molecule has 0 saturated heterocycles. The van der Waals surface area contributed by atoms with Crippen LogP contribution in [0.25, 0.3) is 43.6 Å². The highest BCUT2D eigenvalue weighted by Crippen LogP contribution is 2.55. The van der Waals surface area contributed by atoms with E-state index in [9.17, 15) is 0 Å². The number of nitrogens with zero attached hydrogens (tertiary/aromatic N) is 2. The zero-order valence-electron chi connectivity index (χ0n) is 16.8. The van der Waals surface area contributed by atoms with E-state index in [2.05, 4.69) is 73.8 Å². The molecule has 2 atom stereocenters. The maximum absolute atomic E-state index is 4.83. The molecule has 7 rings (SSSR count). The van der Waals surface area contributed by atoms with Gasteiger partial charge in [-0.3, -0.25) is 9.98 Å². The first-order chi connectivity index (χ1) is 14.8. The number of hydrogen-bond donors (Lipinski definition) is 0. The Kier molecular flexibility index (Phi) is 3.13. The van der Waals surface area contributed by atoms with Crippen LogP contribution in [-0.2, 0) is 0 Å². The molecule has 30 heavy (non-hydrogen) atoms. The number of aryl methyl sites for hydroxylation is 1.